The molecule has 88 valence electrons. The van der Waals surface area contributed by atoms with Gasteiger partial charge >= 0.3 is 7.75 Å². The smallest absolute Gasteiger partial charge is 0.321 e. The molecule has 16 heavy (non-hydrogen) atoms. The summed E-state index contributed by atoms with van der Waals surface area (Å²) < 4.78 is 22.4. The second kappa shape index (κ2) is 4.18. The minimum absolute atomic E-state index is 0.212. The highest BCUT2D eigenvalue weighted by Gasteiger charge is 2.37. The van der Waals surface area contributed by atoms with Crippen LogP contribution in [0.3, 0.4) is 0 Å². The summed E-state index contributed by atoms with van der Waals surface area (Å²) in [6.07, 6.45) is 0. The topological polar surface area (TPSA) is 73.6 Å². The van der Waals surface area contributed by atoms with E-state index in [2.05, 4.69) is 5.09 Å². The minimum Gasteiger partial charge on any atom is -0.321 e. The van der Waals surface area contributed by atoms with Crippen LogP contribution in [0.25, 0.3) is 0 Å². The Labute approximate surface area is 94.5 Å². The van der Waals surface area contributed by atoms with E-state index in [0.29, 0.717) is 5.69 Å². The van der Waals surface area contributed by atoms with E-state index in [9.17, 15) is 4.57 Å². The summed E-state index contributed by atoms with van der Waals surface area (Å²) in [6, 6.07) is 9.14. The molecule has 5 nitrogen and oxygen atoms in total. The Hall–Kier alpha value is -0.870. The molecule has 0 spiro atoms. The number of nitrogens with two attached hydrogens (primary N) is 1. The average molecular weight is 242 g/mol. The third-order valence-electron chi connectivity index (χ3n) is 2.17. The molecule has 1 aromatic carbocycles. The molecule has 0 radical (unpaired) electrons. The van der Waals surface area contributed by atoms with E-state index in [-0.39, 0.29) is 13.2 Å². The summed E-state index contributed by atoms with van der Waals surface area (Å²) in [4.78, 5) is 0. The lowest BCUT2D eigenvalue weighted by atomic mass is 10.1. The first-order valence-electron chi connectivity index (χ1n) is 5.01. The number of hydrogen-bond acceptors (Lipinski definition) is 4. The van der Waals surface area contributed by atoms with Gasteiger partial charge in [0.15, 0.2) is 0 Å². The van der Waals surface area contributed by atoms with E-state index >= 15 is 0 Å². The molecule has 0 amide bonds. The van der Waals surface area contributed by atoms with Gasteiger partial charge in [0.25, 0.3) is 0 Å². The van der Waals surface area contributed by atoms with Gasteiger partial charge in [-0.15, -0.1) is 0 Å². The van der Waals surface area contributed by atoms with E-state index in [4.69, 9.17) is 14.8 Å². The van der Waals surface area contributed by atoms with Crippen LogP contribution in [-0.2, 0) is 13.6 Å². The monoisotopic (exact) mass is 242 g/mol. The normalized spacial score (nSPS) is 34.6. The lowest BCUT2D eigenvalue weighted by molar-refractivity contribution is 0.0836. The van der Waals surface area contributed by atoms with E-state index in [1.54, 1.807) is 19.1 Å². The van der Waals surface area contributed by atoms with Gasteiger partial charge in [0.1, 0.15) is 0 Å². The maximum absolute atomic E-state index is 12.1. The van der Waals surface area contributed by atoms with Crippen molar-refractivity contribution in [2.24, 2.45) is 5.73 Å². The van der Waals surface area contributed by atoms with Crippen LogP contribution in [0, 0.1) is 0 Å². The highest BCUT2D eigenvalue weighted by molar-refractivity contribution is 7.55. The van der Waals surface area contributed by atoms with Crippen molar-refractivity contribution in [1.29, 1.82) is 0 Å². The first kappa shape index (κ1) is 11.6. The summed E-state index contributed by atoms with van der Waals surface area (Å²) in [5.74, 6) is 0. The third-order valence-corrected chi connectivity index (χ3v) is 3.64. The summed E-state index contributed by atoms with van der Waals surface area (Å²) in [6.45, 7) is 2.22. The predicted octanol–water partition coefficient (Wildman–Crippen LogP) is 1.97. The van der Waals surface area contributed by atoms with Crippen LogP contribution >= 0.6 is 7.75 Å². The van der Waals surface area contributed by atoms with Gasteiger partial charge in [0.2, 0.25) is 0 Å². The lowest BCUT2D eigenvalue weighted by Crippen LogP contribution is -2.48. The van der Waals surface area contributed by atoms with Crippen molar-refractivity contribution in [3.63, 3.8) is 0 Å². The summed E-state index contributed by atoms with van der Waals surface area (Å²) in [5, 5.41) is 2.75. The molecule has 0 aromatic heterocycles. The molecule has 0 bridgehead atoms. The molecule has 0 unspecified atom stereocenters. The number of hydrogen-bond donors (Lipinski definition) is 2. The van der Waals surface area contributed by atoms with Gasteiger partial charge in [-0.25, -0.2) is 4.57 Å². The molecular weight excluding hydrogens is 227 g/mol. The van der Waals surface area contributed by atoms with Crippen molar-refractivity contribution in [1.82, 2.24) is 0 Å². The van der Waals surface area contributed by atoms with Crippen LogP contribution in [0.2, 0.25) is 0 Å². The van der Waals surface area contributed by atoms with Crippen LogP contribution in [0.4, 0.5) is 5.69 Å². The Bertz CT molecular complexity index is 394. The van der Waals surface area contributed by atoms with Crippen LogP contribution in [-0.4, -0.2) is 18.8 Å². The summed E-state index contributed by atoms with van der Waals surface area (Å²) >= 11 is 0. The molecule has 1 aromatic rings. The molecule has 1 fully saturated rings. The van der Waals surface area contributed by atoms with Crippen LogP contribution in [0.1, 0.15) is 6.92 Å². The molecular formula is C10H15N2O3P. The SMILES string of the molecule is CC1(N)COP(=O)(Nc2ccccc2)OC1. The van der Waals surface area contributed by atoms with Crippen LogP contribution < -0.4 is 10.8 Å². The fraction of sp³-hybridized carbons (Fsp3) is 0.400. The first-order valence-corrected chi connectivity index (χ1v) is 6.55. The molecule has 1 aliphatic rings. The van der Waals surface area contributed by atoms with Crippen LogP contribution in [0.15, 0.2) is 30.3 Å². The Morgan fingerprint density at radius 3 is 2.44 bits per heavy atom. The lowest BCUT2D eigenvalue weighted by Gasteiger charge is -2.33. The van der Waals surface area contributed by atoms with Gasteiger partial charge in [-0.3, -0.25) is 14.1 Å². The number of para-hydroxylation sites is 1. The Morgan fingerprint density at radius 2 is 1.88 bits per heavy atom. The second-order valence-corrected chi connectivity index (χ2v) is 5.91. The van der Waals surface area contributed by atoms with E-state index in [1.807, 2.05) is 18.2 Å². The van der Waals surface area contributed by atoms with Crippen molar-refractivity contribution in [2.75, 3.05) is 18.3 Å². The zero-order chi connectivity index (χ0) is 11.6. The maximum Gasteiger partial charge on any atom is 0.432 e. The largest absolute Gasteiger partial charge is 0.432 e. The Balaban J connectivity index is 2.03. The average Bonchev–Trinajstić information content (AvgIpc) is 2.25. The fourth-order valence-electron chi connectivity index (χ4n) is 1.28. The molecule has 6 heteroatoms. The van der Waals surface area contributed by atoms with E-state index < -0.39 is 13.3 Å². The maximum atomic E-state index is 12.1. The third kappa shape index (κ3) is 2.83. The van der Waals surface area contributed by atoms with Gasteiger partial charge in [-0.2, -0.15) is 0 Å². The van der Waals surface area contributed by atoms with Gasteiger partial charge in [0, 0.05) is 5.69 Å². The quantitative estimate of drug-likeness (QED) is 0.775. The molecule has 3 N–H and O–H groups in total. The zero-order valence-electron chi connectivity index (χ0n) is 9.05. The molecule has 1 saturated heterocycles. The molecule has 1 aliphatic heterocycles. The fourth-order valence-corrected chi connectivity index (χ4v) is 2.88. The highest BCUT2D eigenvalue weighted by Crippen LogP contribution is 2.51. The molecule has 0 aliphatic carbocycles. The van der Waals surface area contributed by atoms with Crippen molar-refractivity contribution in [2.45, 2.75) is 12.5 Å². The minimum atomic E-state index is -3.25. The van der Waals surface area contributed by atoms with Crippen LogP contribution in [0.5, 0.6) is 0 Å². The number of rotatable bonds is 2. The number of benzene rings is 1. The highest BCUT2D eigenvalue weighted by atomic mass is 31.2. The summed E-state index contributed by atoms with van der Waals surface area (Å²) in [5.41, 5.74) is 5.92. The standard InChI is InChI=1S/C10H15N2O3P/c1-10(11)7-14-16(13,15-8-10)12-9-5-3-2-4-6-9/h2-6H,7-8,11H2,1H3,(H,12,13). The molecule has 0 saturated carbocycles. The first-order chi connectivity index (χ1) is 7.49. The van der Waals surface area contributed by atoms with Gasteiger partial charge < -0.3 is 5.73 Å². The zero-order valence-corrected chi connectivity index (χ0v) is 9.94. The van der Waals surface area contributed by atoms with E-state index in [1.165, 1.54) is 0 Å². The number of nitrogens with one attached hydrogen (secondary N) is 1. The molecule has 2 rings (SSSR count). The van der Waals surface area contributed by atoms with Crippen molar-refractivity contribution in [3.8, 4) is 0 Å². The molecule has 0 atom stereocenters. The Morgan fingerprint density at radius 1 is 1.31 bits per heavy atom. The van der Waals surface area contributed by atoms with Crippen molar-refractivity contribution >= 4 is 13.4 Å². The Kier molecular flexibility index (Phi) is 3.04. The number of anilines is 1. The van der Waals surface area contributed by atoms with Gasteiger partial charge in [0.05, 0.1) is 18.8 Å². The molecule has 1 heterocycles. The van der Waals surface area contributed by atoms with Crippen molar-refractivity contribution in [3.05, 3.63) is 30.3 Å². The second-order valence-electron chi connectivity index (χ2n) is 4.18. The van der Waals surface area contributed by atoms with E-state index in [0.717, 1.165) is 0 Å². The predicted molar refractivity (Wildman–Crippen MR) is 62.2 cm³/mol. The van der Waals surface area contributed by atoms with Gasteiger partial charge in [-0.05, 0) is 19.1 Å². The van der Waals surface area contributed by atoms with Gasteiger partial charge in [-0.1, -0.05) is 18.2 Å². The summed E-state index contributed by atoms with van der Waals surface area (Å²) in [7, 11) is -3.25. The van der Waals surface area contributed by atoms with Crippen molar-refractivity contribution < 1.29 is 13.6 Å².